The van der Waals surface area contributed by atoms with E-state index in [1.165, 1.54) is 50.5 Å². The second-order valence-corrected chi connectivity index (χ2v) is 10.8. The van der Waals surface area contributed by atoms with Crippen LogP contribution >= 0.6 is 12.2 Å². The van der Waals surface area contributed by atoms with E-state index in [1.807, 2.05) is 0 Å². The third-order valence-electron chi connectivity index (χ3n) is 7.96. The molecule has 0 amide bonds. The summed E-state index contributed by atoms with van der Waals surface area (Å²) in [7, 11) is 0. The number of thiocarbonyl (C=S) groups is 1. The Balaban J connectivity index is 1.31. The van der Waals surface area contributed by atoms with Crippen molar-refractivity contribution < 1.29 is 4.74 Å². The molecule has 0 saturated carbocycles. The third-order valence-corrected chi connectivity index (χ3v) is 8.20. The lowest BCUT2D eigenvalue weighted by molar-refractivity contribution is 0.0515. The van der Waals surface area contributed by atoms with Crippen molar-refractivity contribution >= 4 is 34.9 Å². The van der Waals surface area contributed by atoms with Gasteiger partial charge in [0.05, 0.1) is 0 Å². The lowest BCUT2D eigenvalue weighted by Crippen LogP contribution is -2.45. The predicted octanol–water partition coefficient (Wildman–Crippen LogP) is 4.88. The van der Waals surface area contributed by atoms with Crippen LogP contribution < -0.4 is 20.4 Å². The molecule has 3 fully saturated rings. The van der Waals surface area contributed by atoms with Gasteiger partial charge in [-0.1, -0.05) is 43.2 Å². The number of piperidine rings is 1. The van der Waals surface area contributed by atoms with Crippen molar-refractivity contribution in [2.45, 2.75) is 63.2 Å². The molecule has 0 bridgehead atoms. The number of nitrogens with one attached hydrogen (secondary N) is 2. The van der Waals surface area contributed by atoms with Crippen LogP contribution in [0.5, 0.6) is 0 Å². The van der Waals surface area contributed by atoms with Gasteiger partial charge in [0.1, 0.15) is 11.6 Å². The summed E-state index contributed by atoms with van der Waals surface area (Å²) < 4.78 is 5.69. The number of ether oxygens (including phenoxy) is 1. The van der Waals surface area contributed by atoms with Gasteiger partial charge in [-0.05, 0) is 62.7 Å². The SMILES string of the molecule is S=C(NCC1(c2ccccc2)CCOCC1)Nc1nc(N2CCCCCC2)cc(N2CCCCC2)n1. The minimum Gasteiger partial charge on any atom is -0.381 e. The fourth-order valence-electron chi connectivity index (χ4n) is 5.74. The molecule has 194 valence electrons. The maximum absolute atomic E-state index is 5.76. The van der Waals surface area contributed by atoms with E-state index in [0.29, 0.717) is 11.1 Å². The van der Waals surface area contributed by atoms with E-state index < -0.39 is 0 Å². The van der Waals surface area contributed by atoms with Crippen molar-refractivity contribution in [2.75, 3.05) is 61.1 Å². The molecule has 36 heavy (non-hydrogen) atoms. The maximum Gasteiger partial charge on any atom is 0.232 e. The van der Waals surface area contributed by atoms with E-state index in [-0.39, 0.29) is 5.41 Å². The number of hydrogen-bond donors (Lipinski definition) is 2. The van der Waals surface area contributed by atoms with Crippen molar-refractivity contribution in [3.05, 3.63) is 42.0 Å². The molecule has 0 spiro atoms. The first-order valence-electron chi connectivity index (χ1n) is 13.8. The van der Waals surface area contributed by atoms with Crippen LogP contribution in [0, 0.1) is 0 Å². The number of aromatic nitrogens is 2. The summed E-state index contributed by atoms with van der Waals surface area (Å²) in [4.78, 5) is 14.7. The summed E-state index contributed by atoms with van der Waals surface area (Å²) >= 11 is 5.76. The molecule has 2 aromatic rings. The van der Waals surface area contributed by atoms with Crippen LogP contribution in [0.1, 0.15) is 63.4 Å². The Morgan fingerprint density at radius 2 is 1.39 bits per heavy atom. The summed E-state index contributed by atoms with van der Waals surface area (Å²) in [6, 6.07) is 12.9. The van der Waals surface area contributed by atoms with Crippen LogP contribution in [0.3, 0.4) is 0 Å². The van der Waals surface area contributed by atoms with Crippen LogP contribution in [0.25, 0.3) is 0 Å². The lowest BCUT2D eigenvalue weighted by Gasteiger charge is -2.38. The molecule has 3 aliphatic heterocycles. The van der Waals surface area contributed by atoms with Gasteiger partial charge in [-0.3, -0.25) is 0 Å². The van der Waals surface area contributed by atoms with Crippen molar-refractivity contribution in [1.29, 1.82) is 0 Å². The third kappa shape index (κ3) is 6.27. The molecule has 0 atom stereocenters. The maximum atomic E-state index is 5.76. The van der Waals surface area contributed by atoms with Gasteiger partial charge >= 0.3 is 0 Å². The highest BCUT2D eigenvalue weighted by atomic mass is 32.1. The number of benzene rings is 1. The van der Waals surface area contributed by atoms with E-state index >= 15 is 0 Å². The lowest BCUT2D eigenvalue weighted by atomic mass is 9.74. The van der Waals surface area contributed by atoms with Gasteiger partial charge in [0, 0.05) is 57.4 Å². The Bertz CT molecular complexity index is 983. The Labute approximate surface area is 221 Å². The average Bonchev–Trinajstić information content (AvgIpc) is 3.23. The number of rotatable bonds is 6. The van der Waals surface area contributed by atoms with Gasteiger partial charge in [0.2, 0.25) is 5.95 Å². The van der Waals surface area contributed by atoms with Crippen LogP contribution in [0.15, 0.2) is 36.4 Å². The minimum absolute atomic E-state index is 0.0129. The normalized spacial score (nSPS) is 20.4. The van der Waals surface area contributed by atoms with Gasteiger partial charge < -0.3 is 25.2 Å². The number of hydrogen-bond acceptors (Lipinski definition) is 6. The zero-order valence-electron chi connectivity index (χ0n) is 21.4. The van der Waals surface area contributed by atoms with Crippen molar-refractivity contribution in [3.8, 4) is 0 Å². The molecule has 5 rings (SSSR count). The summed E-state index contributed by atoms with van der Waals surface area (Å²) in [6.45, 7) is 6.53. The first-order chi connectivity index (χ1) is 17.7. The molecule has 0 radical (unpaired) electrons. The molecule has 8 heteroatoms. The van der Waals surface area contributed by atoms with E-state index in [2.05, 4.69) is 56.8 Å². The largest absolute Gasteiger partial charge is 0.381 e. The van der Waals surface area contributed by atoms with Crippen molar-refractivity contribution in [1.82, 2.24) is 15.3 Å². The van der Waals surface area contributed by atoms with Gasteiger partial charge in [-0.2, -0.15) is 9.97 Å². The van der Waals surface area contributed by atoms with Crippen LogP contribution in [-0.4, -0.2) is 61.0 Å². The standard InChI is InChI=1S/C28H40N6OS/c36-27(29-22-28(13-19-35-20-14-28)23-11-5-3-6-12-23)32-26-30-24(33-15-7-1-2-8-16-33)21-25(31-26)34-17-9-4-10-18-34/h3,5-6,11-12,21H,1-2,4,7-10,13-20,22H2,(H2,29,30,31,32,36). The quantitative estimate of drug-likeness (QED) is 0.535. The molecule has 1 aromatic heterocycles. The first kappa shape index (κ1) is 25.2. The van der Waals surface area contributed by atoms with Crippen LogP contribution in [0.2, 0.25) is 0 Å². The predicted molar refractivity (Wildman–Crippen MR) is 151 cm³/mol. The molecular weight excluding hydrogens is 468 g/mol. The Morgan fingerprint density at radius 3 is 1.97 bits per heavy atom. The number of nitrogens with zero attached hydrogens (tertiary/aromatic N) is 4. The second-order valence-electron chi connectivity index (χ2n) is 10.4. The van der Waals surface area contributed by atoms with Gasteiger partial charge in [-0.25, -0.2) is 0 Å². The highest BCUT2D eigenvalue weighted by Gasteiger charge is 2.34. The number of anilines is 3. The molecule has 1 aromatic carbocycles. The molecule has 2 N–H and O–H groups in total. The highest BCUT2D eigenvalue weighted by Crippen LogP contribution is 2.34. The average molecular weight is 509 g/mol. The topological polar surface area (TPSA) is 65.6 Å². The van der Waals surface area contributed by atoms with Gasteiger partial charge in [0.25, 0.3) is 0 Å². The van der Waals surface area contributed by atoms with E-state index in [4.69, 9.17) is 26.9 Å². The fraction of sp³-hybridized carbons (Fsp3) is 0.607. The fourth-order valence-corrected chi connectivity index (χ4v) is 5.90. The Hall–Kier alpha value is -2.45. The first-order valence-corrected chi connectivity index (χ1v) is 14.2. The Morgan fingerprint density at radius 1 is 0.833 bits per heavy atom. The summed E-state index contributed by atoms with van der Waals surface area (Å²) in [6.07, 6.45) is 10.7. The van der Waals surface area contributed by atoms with Gasteiger partial charge in [0.15, 0.2) is 5.11 Å². The minimum atomic E-state index is 0.0129. The van der Waals surface area contributed by atoms with Crippen molar-refractivity contribution in [2.24, 2.45) is 0 Å². The zero-order valence-corrected chi connectivity index (χ0v) is 22.2. The van der Waals surface area contributed by atoms with E-state index in [1.54, 1.807) is 0 Å². The van der Waals surface area contributed by atoms with Crippen LogP contribution in [-0.2, 0) is 10.2 Å². The zero-order chi connectivity index (χ0) is 24.6. The van der Waals surface area contributed by atoms with Crippen molar-refractivity contribution in [3.63, 3.8) is 0 Å². The molecule has 0 unspecified atom stereocenters. The van der Waals surface area contributed by atoms with Gasteiger partial charge in [-0.15, -0.1) is 0 Å². The Kier molecular flexibility index (Phi) is 8.54. The highest BCUT2D eigenvalue weighted by molar-refractivity contribution is 7.80. The summed E-state index contributed by atoms with van der Waals surface area (Å²) in [5, 5.41) is 7.42. The molecule has 0 aliphatic carbocycles. The van der Waals surface area contributed by atoms with Crippen LogP contribution in [0.4, 0.5) is 17.6 Å². The molecule has 7 nitrogen and oxygen atoms in total. The smallest absolute Gasteiger partial charge is 0.232 e. The van der Waals surface area contributed by atoms with E-state index in [9.17, 15) is 0 Å². The summed E-state index contributed by atoms with van der Waals surface area (Å²) in [5.41, 5.74) is 1.36. The summed E-state index contributed by atoms with van der Waals surface area (Å²) in [5.74, 6) is 2.62. The molecule has 3 saturated heterocycles. The second kappa shape index (κ2) is 12.2. The monoisotopic (exact) mass is 508 g/mol. The molecule has 4 heterocycles. The molecule has 3 aliphatic rings. The van der Waals surface area contributed by atoms with E-state index in [0.717, 1.165) is 70.4 Å². The molecular formula is C28H40N6OS.